The van der Waals surface area contributed by atoms with E-state index in [0.29, 0.717) is 14.8 Å². The van der Waals surface area contributed by atoms with Crippen molar-refractivity contribution >= 4 is 5.78 Å². The van der Waals surface area contributed by atoms with Crippen LogP contribution in [-0.4, -0.2) is 5.78 Å². The van der Waals surface area contributed by atoms with Gasteiger partial charge in [-0.05, 0) is 0 Å². The van der Waals surface area contributed by atoms with Crippen molar-refractivity contribution in [3.8, 4) is 0 Å². The zero-order valence-corrected chi connectivity index (χ0v) is 5.46. The fraction of sp³-hybridized carbons (Fsp3) is 0.750. The van der Waals surface area contributed by atoms with Crippen LogP contribution in [0.1, 0.15) is 13.3 Å². The molecule has 0 N–H and O–H groups in total. The molecule has 2 heteroatoms. The van der Waals surface area contributed by atoms with Gasteiger partial charge in [-0.1, -0.05) is 0 Å². The van der Waals surface area contributed by atoms with Crippen molar-refractivity contribution in [2.75, 3.05) is 0 Å². The first-order chi connectivity index (χ1) is 2.81. The summed E-state index contributed by atoms with van der Waals surface area (Å²) in [7, 11) is 0. The van der Waals surface area contributed by atoms with Gasteiger partial charge < -0.3 is 0 Å². The first kappa shape index (κ1) is 6.92. The third-order valence-electron chi connectivity index (χ3n) is 0.508. The molecule has 0 aliphatic heterocycles. The van der Waals surface area contributed by atoms with Crippen LogP contribution in [0.5, 0.6) is 0 Å². The SMILES string of the molecule is CCC(=O)[CH2][Er]. The van der Waals surface area contributed by atoms with E-state index in [0.717, 1.165) is 0 Å². The summed E-state index contributed by atoms with van der Waals surface area (Å²) in [5.41, 5.74) is 0. The van der Waals surface area contributed by atoms with Gasteiger partial charge in [-0.3, -0.25) is 0 Å². The van der Waals surface area contributed by atoms with Gasteiger partial charge in [-0.2, -0.15) is 0 Å². The number of rotatable bonds is 2. The molecule has 0 aliphatic rings. The number of hydrogen-bond donors (Lipinski definition) is 0. The second-order valence-electron chi connectivity index (χ2n) is 0.994. The van der Waals surface area contributed by atoms with Gasteiger partial charge in [0.25, 0.3) is 0 Å². The van der Waals surface area contributed by atoms with Crippen LogP contribution < -0.4 is 0 Å². The molecule has 0 spiro atoms. The van der Waals surface area contributed by atoms with E-state index in [1.165, 1.54) is 0 Å². The Morgan fingerprint density at radius 1 is 1.83 bits per heavy atom. The van der Waals surface area contributed by atoms with Crippen LogP contribution in [0, 0.1) is 35.4 Å². The summed E-state index contributed by atoms with van der Waals surface area (Å²) in [5, 5.41) is 0. The summed E-state index contributed by atoms with van der Waals surface area (Å²) in [6.07, 6.45) is 0.670. The van der Waals surface area contributed by atoms with Crippen LogP contribution in [0.3, 0.4) is 0 Å². The Morgan fingerprint density at radius 2 is 2.33 bits per heavy atom. The van der Waals surface area contributed by atoms with Crippen molar-refractivity contribution < 1.29 is 40.2 Å². The van der Waals surface area contributed by atoms with Gasteiger partial charge in [0.2, 0.25) is 0 Å². The number of ketones is 1. The van der Waals surface area contributed by atoms with Crippen LogP contribution in [0.15, 0.2) is 0 Å². The fourth-order valence-electron chi connectivity index (χ4n) is 0.0722. The van der Waals surface area contributed by atoms with Crippen molar-refractivity contribution in [1.82, 2.24) is 0 Å². The van der Waals surface area contributed by atoms with Crippen molar-refractivity contribution in [2.45, 2.75) is 15.9 Å². The molecule has 0 aromatic carbocycles. The summed E-state index contributed by atoms with van der Waals surface area (Å²) in [4.78, 5) is 10.2. The first-order valence-corrected chi connectivity index (χ1v) is 3.13. The molecule has 0 heterocycles. The van der Waals surface area contributed by atoms with Crippen LogP contribution in [0.2, 0.25) is 2.58 Å². The Kier molecular flexibility index (Phi) is 4.71. The zero-order valence-electron chi connectivity index (χ0n) is 3.61. The topological polar surface area (TPSA) is 17.1 Å². The Balaban J connectivity index is 2.99. The molecule has 0 amide bonds. The summed E-state index contributed by atoms with van der Waals surface area (Å²) < 4.78 is 0.608. The van der Waals surface area contributed by atoms with Crippen molar-refractivity contribution in [3.05, 3.63) is 0 Å². The molecule has 0 saturated carbocycles. The van der Waals surface area contributed by atoms with Crippen LogP contribution >= 0.6 is 0 Å². The Bertz CT molecular complexity index is 45.5. The van der Waals surface area contributed by atoms with E-state index in [4.69, 9.17) is 0 Å². The zero-order chi connectivity index (χ0) is 4.99. The van der Waals surface area contributed by atoms with Crippen LogP contribution in [0.25, 0.3) is 0 Å². The number of hydrogen-bond acceptors (Lipinski definition) is 1. The second kappa shape index (κ2) is 4.09. The Hall–Kier alpha value is 0.917. The van der Waals surface area contributed by atoms with Gasteiger partial charge in [0.05, 0.1) is 0 Å². The molecule has 41 valence electrons. The van der Waals surface area contributed by atoms with Crippen molar-refractivity contribution in [2.24, 2.45) is 0 Å². The summed E-state index contributed by atoms with van der Waals surface area (Å²) in [6, 6.07) is 0. The predicted molar refractivity (Wildman–Crippen MR) is 20.1 cm³/mol. The molecule has 0 aromatic rings. The van der Waals surface area contributed by atoms with Gasteiger partial charge in [-0.15, -0.1) is 0 Å². The van der Waals surface area contributed by atoms with Gasteiger partial charge in [0.15, 0.2) is 0 Å². The minimum atomic E-state index is 0.306. The van der Waals surface area contributed by atoms with Gasteiger partial charge in [-0.25, -0.2) is 0 Å². The van der Waals surface area contributed by atoms with E-state index in [9.17, 15) is 4.79 Å². The summed E-state index contributed by atoms with van der Waals surface area (Å²) in [5.74, 6) is 0.306. The molecule has 0 aliphatic carbocycles. The Morgan fingerprint density at radius 3 is 2.33 bits per heavy atom. The molecule has 0 unspecified atom stereocenters. The third-order valence-corrected chi connectivity index (χ3v) is 1.24. The fourth-order valence-corrected chi connectivity index (χ4v) is 0.535. The number of carbonyl (C=O) groups excluding carboxylic acids is 1. The molecule has 0 saturated heterocycles. The number of Topliss-reactive ketones (excluding diaryl/α,β-unsaturated/α-hetero) is 1. The second-order valence-corrected chi connectivity index (χ2v) is 1.65. The predicted octanol–water partition coefficient (Wildman–Crippen LogP) is 0.933. The average Bonchev–Trinajstić information content (AvgIpc) is 1.65. The molecule has 6 heavy (non-hydrogen) atoms. The molecular weight excluding hydrogens is 231 g/mol. The van der Waals surface area contributed by atoms with E-state index in [-0.39, 0.29) is 0 Å². The maximum absolute atomic E-state index is 10.2. The molecule has 0 atom stereocenters. The summed E-state index contributed by atoms with van der Waals surface area (Å²) >= 11 is 2.39. The minimum absolute atomic E-state index is 0.306. The van der Waals surface area contributed by atoms with E-state index in [2.05, 4.69) is 35.4 Å². The molecular formula is C4H7ErO. The molecule has 1 nitrogen and oxygen atoms in total. The maximum atomic E-state index is 10.2. The van der Waals surface area contributed by atoms with Crippen molar-refractivity contribution in [1.29, 1.82) is 0 Å². The first-order valence-electron chi connectivity index (χ1n) is 1.82. The van der Waals surface area contributed by atoms with E-state index in [1.54, 1.807) is 0 Å². The normalized spacial score (nSPS) is 8.50. The molecule has 0 rings (SSSR count). The standard InChI is InChI=1S/C4H7O.Er/c1-3-4(2)5;/h2-3H2,1H3;. The average molecular weight is 238 g/mol. The quantitative estimate of drug-likeness (QED) is 0.699. The molecule has 0 bridgehead atoms. The molecule has 0 aromatic heterocycles. The number of carbonyl (C=O) groups is 1. The van der Waals surface area contributed by atoms with Gasteiger partial charge in [0, 0.05) is 0 Å². The van der Waals surface area contributed by atoms with Gasteiger partial charge >= 0.3 is 61.9 Å². The van der Waals surface area contributed by atoms with E-state index in [1.807, 2.05) is 6.92 Å². The third kappa shape index (κ3) is 3.12. The Labute approximate surface area is 61.4 Å². The van der Waals surface area contributed by atoms with E-state index >= 15 is 0 Å². The van der Waals surface area contributed by atoms with Crippen LogP contribution in [0.4, 0.5) is 0 Å². The van der Waals surface area contributed by atoms with E-state index < -0.39 is 0 Å². The molecule has 0 fully saturated rings. The van der Waals surface area contributed by atoms with Gasteiger partial charge in [0.1, 0.15) is 0 Å². The monoisotopic (exact) mass is 237 g/mol. The summed E-state index contributed by atoms with van der Waals surface area (Å²) in [6.45, 7) is 1.87. The van der Waals surface area contributed by atoms with Crippen LogP contribution in [-0.2, 0) is 4.79 Å². The molecule has 0 radical (unpaired) electrons. The van der Waals surface area contributed by atoms with Crippen molar-refractivity contribution in [3.63, 3.8) is 0 Å².